The number of carbonyl (C=O) groups excluding carboxylic acids is 1. The SMILES string of the molecule is CO/C(=C/C(=O)C(Cl)(Cl)Cl)c1ccc(F)cc1. The Labute approximate surface area is 113 Å². The Kier molecular flexibility index (Phi) is 4.80. The topological polar surface area (TPSA) is 26.3 Å². The highest BCUT2D eigenvalue weighted by molar-refractivity contribution is 6.77. The second-order valence-electron chi connectivity index (χ2n) is 3.08. The molecule has 0 bridgehead atoms. The van der Waals surface area contributed by atoms with Crippen molar-refractivity contribution in [3.8, 4) is 0 Å². The average molecular weight is 298 g/mol. The monoisotopic (exact) mass is 296 g/mol. The minimum Gasteiger partial charge on any atom is -0.496 e. The third-order valence-corrected chi connectivity index (χ3v) is 2.45. The normalized spacial score (nSPS) is 12.4. The van der Waals surface area contributed by atoms with Gasteiger partial charge in [0, 0.05) is 11.6 Å². The molecular formula is C11H8Cl3FO2. The Morgan fingerprint density at radius 3 is 2.24 bits per heavy atom. The minimum absolute atomic E-state index is 0.196. The van der Waals surface area contributed by atoms with Crippen molar-refractivity contribution in [1.82, 2.24) is 0 Å². The van der Waals surface area contributed by atoms with Gasteiger partial charge >= 0.3 is 0 Å². The van der Waals surface area contributed by atoms with E-state index in [-0.39, 0.29) is 5.76 Å². The molecule has 0 fully saturated rings. The molecule has 0 aliphatic carbocycles. The van der Waals surface area contributed by atoms with Gasteiger partial charge in [-0.15, -0.1) is 0 Å². The molecule has 0 atom stereocenters. The van der Waals surface area contributed by atoms with Gasteiger partial charge in [-0.3, -0.25) is 4.79 Å². The van der Waals surface area contributed by atoms with Crippen LogP contribution in [-0.4, -0.2) is 16.7 Å². The summed E-state index contributed by atoms with van der Waals surface area (Å²) in [4.78, 5) is 11.4. The average Bonchev–Trinajstić information content (AvgIpc) is 2.25. The summed E-state index contributed by atoms with van der Waals surface area (Å²) < 4.78 is 15.7. The minimum atomic E-state index is -2.04. The molecule has 0 aliphatic heterocycles. The molecule has 0 spiro atoms. The molecule has 0 heterocycles. The Bertz CT molecular complexity index is 435. The molecule has 0 amide bonds. The first-order chi connectivity index (χ1) is 7.84. The Morgan fingerprint density at radius 2 is 1.82 bits per heavy atom. The van der Waals surface area contributed by atoms with Crippen molar-refractivity contribution in [3.63, 3.8) is 0 Å². The number of methoxy groups -OCH3 is 1. The predicted molar refractivity (Wildman–Crippen MR) is 66.7 cm³/mol. The van der Waals surface area contributed by atoms with Crippen molar-refractivity contribution in [1.29, 1.82) is 0 Å². The Hall–Kier alpha value is -0.770. The molecule has 0 aliphatic rings. The lowest BCUT2D eigenvalue weighted by Crippen LogP contribution is -2.16. The molecule has 6 heteroatoms. The van der Waals surface area contributed by atoms with E-state index < -0.39 is 15.4 Å². The van der Waals surface area contributed by atoms with Crippen LogP contribution < -0.4 is 0 Å². The standard InChI is InChI=1S/C11H8Cl3FO2/c1-17-9(6-10(16)11(12,13)14)7-2-4-8(15)5-3-7/h2-6H,1H3/b9-6+. The van der Waals surface area contributed by atoms with Crippen LogP contribution in [0.2, 0.25) is 0 Å². The molecule has 2 nitrogen and oxygen atoms in total. The number of carbonyl (C=O) groups is 1. The van der Waals surface area contributed by atoms with Crippen LogP contribution in [0.1, 0.15) is 5.56 Å². The van der Waals surface area contributed by atoms with Gasteiger partial charge in [-0.2, -0.15) is 0 Å². The van der Waals surface area contributed by atoms with Crippen LogP contribution in [0.15, 0.2) is 30.3 Å². The van der Waals surface area contributed by atoms with E-state index >= 15 is 0 Å². The van der Waals surface area contributed by atoms with Gasteiger partial charge in [0.15, 0.2) is 0 Å². The summed E-state index contributed by atoms with van der Waals surface area (Å²) in [7, 11) is 1.36. The van der Waals surface area contributed by atoms with Gasteiger partial charge in [-0.25, -0.2) is 4.39 Å². The number of hydrogen-bond acceptors (Lipinski definition) is 2. The second-order valence-corrected chi connectivity index (χ2v) is 5.36. The summed E-state index contributed by atoms with van der Waals surface area (Å²) >= 11 is 16.3. The molecule has 0 radical (unpaired) electrons. The van der Waals surface area contributed by atoms with Crippen LogP contribution in [0.25, 0.3) is 5.76 Å². The van der Waals surface area contributed by atoms with Gasteiger partial charge in [0.05, 0.1) is 7.11 Å². The van der Waals surface area contributed by atoms with Gasteiger partial charge in [0.2, 0.25) is 5.78 Å². The lowest BCUT2D eigenvalue weighted by molar-refractivity contribution is -0.113. The van der Waals surface area contributed by atoms with E-state index in [0.717, 1.165) is 6.08 Å². The van der Waals surface area contributed by atoms with Crippen molar-refractivity contribution in [2.75, 3.05) is 7.11 Å². The van der Waals surface area contributed by atoms with Crippen LogP contribution >= 0.6 is 34.8 Å². The summed E-state index contributed by atoms with van der Waals surface area (Å²) in [6, 6.07) is 5.39. The van der Waals surface area contributed by atoms with Gasteiger partial charge in [0.25, 0.3) is 3.79 Å². The highest BCUT2D eigenvalue weighted by Crippen LogP contribution is 2.29. The van der Waals surface area contributed by atoms with Gasteiger partial charge < -0.3 is 4.74 Å². The third-order valence-electron chi connectivity index (χ3n) is 1.89. The van der Waals surface area contributed by atoms with Crippen LogP contribution in [0.5, 0.6) is 0 Å². The van der Waals surface area contributed by atoms with Crippen LogP contribution in [-0.2, 0) is 9.53 Å². The van der Waals surface area contributed by atoms with Crippen LogP contribution in [0, 0.1) is 5.82 Å². The van der Waals surface area contributed by atoms with Crippen LogP contribution in [0.4, 0.5) is 4.39 Å². The highest BCUT2D eigenvalue weighted by atomic mass is 35.6. The molecular weight excluding hydrogens is 289 g/mol. The lowest BCUT2D eigenvalue weighted by Gasteiger charge is -2.09. The van der Waals surface area contributed by atoms with Gasteiger partial charge in [-0.1, -0.05) is 34.8 Å². The molecule has 92 valence electrons. The quantitative estimate of drug-likeness (QED) is 0.482. The molecule has 0 unspecified atom stereocenters. The number of halogens is 4. The molecule has 1 aromatic carbocycles. The molecule has 1 aromatic rings. The number of ether oxygens (including phenoxy) is 1. The zero-order chi connectivity index (χ0) is 13.1. The fraction of sp³-hybridized carbons (Fsp3) is 0.182. The first kappa shape index (κ1) is 14.3. The van der Waals surface area contributed by atoms with Crippen molar-refractivity contribution >= 4 is 46.3 Å². The van der Waals surface area contributed by atoms with Crippen LogP contribution in [0.3, 0.4) is 0 Å². The number of ketones is 1. The fourth-order valence-corrected chi connectivity index (χ4v) is 1.24. The zero-order valence-electron chi connectivity index (χ0n) is 8.72. The van der Waals surface area contributed by atoms with E-state index in [2.05, 4.69) is 0 Å². The number of allylic oxidation sites excluding steroid dienone is 1. The zero-order valence-corrected chi connectivity index (χ0v) is 11.0. The third kappa shape index (κ3) is 4.19. The first-order valence-corrected chi connectivity index (χ1v) is 5.61. The summed E-state index contributed by atoms with van der Waals surface area (Å²) in [6.45, 7) is 0. The summed E-state index contributed by atoms with van der Waals surface area (Å²) in [5.74, 6) is -0.929. The second kappa shape index (κ2) is 5.71. The maximum atomic E-state index is 12.7. The Morgan fingerprint density at radius 1 is 1.29 bits per heavy atom. The summed E-state index contributed by atoms with van der Waals surface area (Å²) in [5.41, 5.74) is 0.511. The maximum absolute atomic E-state index is 12.7. The summed E-state index contributed by atoms with van der Waals surface area (Å²) in [6.07, 6.45) is 1.06. The molecule has 0 N–H and O–H groups in total. The van der Waals surface area contributed by atoms with Gasteiger partial charge in [0.1, 0.15) is 11.6 Å². The predicted octanol–water partition coefficient (Wildman–Crippen LogP) is 3.75. The van der Waals surface area contributed by atoms with Crippen molar-refractivity contribution < 1.29 is 13.9 Å². The molecule has 17 heavy (non-hydrogen) atoms. The van der Waals surface area contributed by atoms with Crippen molar-refractivity contribution in [3.05, 3.63) is 41.7 Å². The number of hydrogen-bond donors (Lipinski definition) is 0. The van der Waals surface area contributed by atoms with Crippen molar-refractivity contribution in [2.45, 2.75) is 3.79 Å². The van der Waals surface area contributed by atoms with E-state index in [1.165, 1.54) is 31.4 Å². The largest absolute Gasteiger partial charge is 0.496 e. The smallest absolute Gasteiger partial charge is 0.252 e. The number of alkyl halides is 3. The van der Waals surface area contributed by atoms with Crippen molar-refractivity contribution in [2.24, 2.45) is 0 Å². The van der Waals surface area contributed by atoms with Gasteiger partial charge in [-0.05, 0) is 24.3 Å². The molecule has 0 saturated heterocycles. The number of benzene rings is 1. The lowest BCUT2D eigenvalue weighted by atomic mass is 10.1. The maximum Gasteiger partial charge on any atom is 0.252 e. The van der Waals surface area contributed by atoms with E-state index in [0.29, 0.717) is 5.56 Å². The molecule has 0 aromatic heterocycles. The van der Waals surface area contributed by atoms with E-state index in [1.807, 2.05) is 0 Å². The Balaban J connectivity index is 3.04. The first-order valence-electron chi connectivity index (χ1n) is 4.47. The van der Waals surface area contributed by atoms with E-state index in [1.54, 1.807) is 0 Å². The highest BCUT2D eigenvalue weighted by Gasteiger charge is 2.29. The summed E-state index contributed by atoms with van der Waals surface area (Å²) in [5, 5.41) is 0. The molecule has 0 saturated carbocycles. The fourth-order valence-electron chi connectivity index (χ4n) is 1.08. The van der Waals surface area contributed by atoms with E-state index in [9.17, 15) is 9.18 Å². The van der Waals surface area contributed by atoms with E-state index in [4.69, 9.17) is 39.5 Å². The number of rotatable bonds is 3. The molecule has 1 rings (SSSR count).